The minimum atomic E-state index is -0.112. The van der Waals surface area contributed by atoms with Crippen LogP contribution in [0.5, 0.6) is 5.75 Å². The predicted molar refractivity (Wildman–Crippen MR) is 62.4 cm³/mol. The van der Waals surface area contributed by atoms with Crippen LogP contribution in [-0.2, 0) is 0 Å². The quantitative estimate of drug-likeness (QED) is 0.757. The highest BCUT2D eigenvalue weighted by atomic mass is 16.5. The number of nitrogens with two attached hydrogens (primary N) is 1. The molecule has 2 unspecified atom stereocenters. The Morgan fingerprint density at radius 3 is 2.81 bits per heavy atom. The second kappa shape index (κ2) is 4.04. The van der Waals surface area contributed by atoms with Crippen molar-refractivity contribution in [2.24, 2.45) is 5.92 Å². The standard InChI is InChI=1S/C12H16N2O2/c1-7-5-10(7)14-12(15)9-6-8(13)3-4-11(9)16-2/h3-4,6-7,10H,5,13H2,1-2H3,(H,14,15). The van der Waals surface area contributed by atoms with Gasteiger partial charge in [0.1, 0.15) is 5.75 Å². The number of carbonyl (C=O) groups excluding carboxylic acids is 1. The molecule has 1 aromatic carbocycles. The monoisotopic (exact) mass is 220 g/mol. The first-order valence-electron chi connectivity index (χ1n) is 5.36. The summed E-state index contributed by atoms with van der Waals surface area (Å²) in [6, 6.07) is 5.37. The number of nitrogens with one attached hydrogen (secondary N) is 1. The van der Waals surface area contributed by atoms with Gasteiger partial charge < -0.3 is 15.8 Å². The third kappa shape index (κ3) is 2.10. The van der Waals surface area contributed by atoms with Crippen molar-refractivity contribution in [1.82, 2.24) is 5.32 Å². The van der Waals surface area contributed by atoms with Gasteiger partial charge in [-0.2, -0.15) is 0 Å². The summed E-state index contributed by atoms with van der Waals surface area (Å²) < 4.78 is 5.13. The summed E-state index contributed by atoms with van der Waals surface area (Å²) in [6.45, 7) is 2.11. The molecule has 1 aliphatic carbocycles. The molecule has 16 heavy (non-hydrogen) atoms. The van der Waals surface area contributed by atoms with Gasteiger partial charge in [-0.05, 0) is 30.5 Å². The van der Waals surface area contributed by atoms with Crippen molar-refractivity contribution in [3.05, 3.63) is 23.8 Å². The smallest absolute Gasteiger partial charge is 0.255 e. The minimum Gasteiger partial charge on any atom is -0.496 e. The molecular formula is C12H16N2O2. The maximum atomic E-state index is 11.9. The number of nitrogen functional groups attached to an aromatic ring is 1. The first kappa shape index (κ1) is 10.8. The largest absolute Gasteiger partial charge is 0.496 e. The van der Waals surface area contributed by atoms with Crippen LogP contribution in [0.2, 0.25) is 0 Å². The van der Waals surface area contributed by atoms with Crippen molar-refractivity contribution >= 4 is 11.6 Å². The molecule has 0 radical (unpaired) electrons. The minimum absolute atomic E-state index is 0.112. The summed E-state index contributed by atoms with van der Waals surface area (Å²) in [5, 5.41) is 2.95. The van der Waals surface area contributed by atoms with E-state index in [1.165, 1.54) is 0 Å². The SMILES string of the molecule is COc1ccc(N)cc1C(=O)NC1CC1C. The average molecular weight is 220 g/mol. The fourth-order valence-electron chi connectivity index (χ4n) is 1.67. The highest BCUT2D eigenvalue weighted by Crippen LogP contribution is 2.30. The van der Waals surface area contributed by atoms with E-state index in [1.54, 1.807) is 25.3 Å². The Balaban J connectivity index is 2.17. The fourth-order valence-corrected chi connectivity index (χ4v) is 1.67. The van der Waals surface area contributed by atoms with Gasteiger partial charge in [0.15, 0.2) is 0 Å². The second-order valence-electron chi connectivity index (χ2n) is 4.25. The van der Waals surface area contributed by atoms with Gasteiger partial charge in [-0.25, -0.2) is 0 Å². The molecule has 0 heterocycles. The number of anilines is 1. The maximum Gasteiger partial charge on any atom is 0.255 e. The number of rotatable bonds is 3. The molecule has 2 atom stereocenters. The topological polar surface area (TPSA) is 64.3 Å². The molecular weight excluding hydrogens is 204 g/mol. The van der Waals surface area contributed by atoms with Crippen molar-refractivity contribution < 1.29 is 9.53 Å². The summed E-state index contributed by atoms with van der Waals surface area (Å²) in [7, 11) is 1.54. The Morgan fingerprint density at radius 2 is 2.25 bits per heavy atom. The summed E-state index contributed by atoms with van der Waals surface area (Å²) >= 11 is 0. The van der Waals surface area contributed by atoms with Crippen LogP contribution in [0.1, 0.15) is 23.7 Å². The third-order valence-corrected chi connectivity index (χ3v) is 2.89. The Hall–Kier alpha value is -1.71. The van der Waals surface area contributed by atoms with E-state index in [4.69, 9.17) is 10.5 Å². The molecule has 2 rings (SSSR count). The normalized spacial score (nSPS) is 22.6. The number of hydrogen-bond donors (Lipinski definition) is 2. The zero-order valence-corrected chi connectivity index (χ0v) is 9.49. The summed E-state index contributed by atoms with van der Waals surface area (Å²) in [5.74, 6) is 1.02. The van der Waals surface area contributed by atoms with Gasteiger partial charge >= 0.3 is 0 Å². The van der Waals surface area contributed by atoms with E-state index in [9.17, 15) is 4.79 Å². The van der Waals surface area contributed by atoms with Crippen LogP contribution in [0.15, 0.2) is 18.2 Å². The van der Waals surface area contributed by atoms with Crippen LogP contribution >= 0.6 is 0 Å². The first-order chi connectivity index (χ1) is 7.61. The van der Waals surface area contributed by atoms with E-state index in [-0.39, 0.29) is 5.91 Å². The van der Waals surface area contributed by atoms with Crippen molar-refractivity contribution in [2.45, 2.75) is 19.4 Å². The number of carbonyl (C=O) groups is 1. The third-order valence-electron chi connectivity index (χ3n) is 2.89. The molecule has 0 bridgehead atoms. The first-order valence-corrected chi connectivity index (χ1v) is 5.36. The molecule has 3 N–H and O–H groups in total. The van der Waals surface area contributed by atoms with Gasteiger partial charge in [0.25, 0.3) is 5.91 Å². The molecule has 4 nitrogen and oxygen atoms in total. The van der Waals surface area contributed by atoms with Crippen molar-refractivity contribution in [3.63, 3.8) is 0 Å². The van der Waals surface area contributed by atoms with Crippen molar-refractivity contribution in [3.8, 4) is 5.75 Å². The van der Waals surface area contributed by atoms with Crippen molar-refractivity contribution in [1.29, 1.82) is 0 Å². The number of methoxy groups -OCH3 is 1. The Labute approximate surface area is 94.8 Å². The van der Waals surface area contributed by atoms with E-state index < -0.39 is 0 Å². The van der Waals surface area contributed by atoms with E-state index in [1.807, 2.05) is 0 Å². The van der Waals surface area contributed by atoms with E-state index in [0.29, 0.717) is 29.0 Å². The zero-order chi connectivity index (χ0) is 11.7. The Kier molecular flexibility index (Phi) is 2.73. The summed E-state index contributed by atoms with van der Waals surface area (Å²) in [5.41, 5.74) is 6.72. The number of hydrogen-bond acceptors (Lipinski definition) is 3. The fraction of sp³-hybridized carbons (Fsp3) is 0.417. The summed E-state index contributed by atoms with van der Waals surface area (Å²) in [6.07, 6.45) is 1.05. The lowest BCUT2D eigenvalue weighted by Crippen LogP contribution is -2.27. The Bertz CT molecular complexity index is 417. The van der Waals surface area contributed by atoms with Gasteiger partial charge in [0, 0.05) is 11.7 Å². The molecule has 1 amide bonds. The number of ether oxygens (including phenoxy) is 1. The number of amides is 1. The molecule has 1 aromatic rings. The molecule has 0 aromatic heterocycles. The van der Waals surface area contributed by atoms with Crippen LogP contribution in [0.3, 0.4) is 0 Å². The lowest BCUT2D eigenvalue weighted by atomic mass is 10.1. The van der Waals surface area contributed by atoms with E-state index in [0.717, 1.165) is 6.42 Å². The van der Waals surface area contributed by atoms with Crippen LogP contribution in [-0.4, -0.2) is 19.1 Å². The predicted octanol–water partition coefficient (Wildman–Crippen LogP) is 1.42. The van der Waals surface area contributed by atoms with Gasteiger partial charge in [-0.3, -0.25) is 4.79 Å². The van der Waals surface area contributed by atoms with Crippen LogP contribution in [0.25, 0.3) is 0 Å². The highest BCUT2D eigenvalue weighted by Gasteiger charge is 2.34. The maximum absolute atomic E-state index is 11.9. The lowest BCUT2D eigenvalue weighted by molar-refractivity contribution is 0.0946. The van der Waals surface area contributed by atoms with E-state index in [2.05, 4.69) is 12.2 Å². The van der Waals surface area contributed by atoms with Crippen LogP contribution < -0.4 is 15.8 Å². The molecule has 0 aliphatic heterocycles. The van der Waals surface area contributed by atoms with Gasteiger partial charge in [0.2, 0.25) is 0 Å². The van der Waals surface area contributed by atoms with Crippen LogP contribution in [0.4, 0.5) is 5.69 Å². The molecule has 1 saturated carbocycles. The summed E-state index contributed by atoms with van der Waals surface area (Å²) in [4.78, 5) is 11.9. The zero-order valence-electron chi connectivity index (χ0n) is 9.49. The van der Waals surface area contributed by atoms with Crippen molar-refractivity contribution in [2.75, 3.05) is 12.8 Å². The van der Waals surface area contributed by atoms with Gasteiger partial charge in [-0.1, -0.05) is 6.92 Å². The molecule has 86 valence electrons. The average Bonchev–Trinajstić information content (AvgIpc) is 2.94. The van der Waals surface area contributed by atoms with Crippen LogP contribution in [0, 0.1) is 5.92 Å². The molecule has 0 saturated heterocycles. The Morgan fingerprint density at radius 1 is 1.56 bits per heavy atom. The lowest BCUT2D eigenvalue weighted by Gasteiger charge is -2.09. The molecule has 0 spiro atoms. The van der Waals surface area contributed by atoms with Gasteiger partial charge in [0.05, 0.1) is 12.7 Å². The van der Waals surface area contributed by atoms with E-state index >= 15 is 0 Å². The molecule has 1 fully saturated rings. The van der Waals surface area contributed by atoms with Gasteiger partial charge in [-0.15, -0.1) is 0 Å². The number of benzene rings is 1. The second-order valence-corrected chi connectivity index (χ2v) is 4.25. The highest BCUT2D eigenvalue weighted by molar-refractivity contribution is 5.98. The molecule has 1 aliphatic rings. The molecule has 4 heteroatoms.